The van der Waals surface area contributed by atoms with Crippen LogP contribution in [0.25, 0.3) is 0 Å². The lowest BCUT2D eigenvalue weighted by Gasteiger charge is -2.22. The first-order valence-electron chi connectivity index (χ1n) is 8.87. The lowest BCUT2D eigenvalue weighted by molar-refractivity contribution is -0.126. The van der Waals surface area contributed by atoms with E-state index in [4.69, 9.17) is 0 Å². The van der Waals surface area contributed by atoms with Gasteiger partial charge in [-0.05, 0) is 35.2 Å². The number of amides is 2. The fraction of sp³-hybridized carbons (Fsp3) is 0.333. The summed E-state index contributed by atoms with van der Waals surface area (Å²) in [6.45, 7) is 4.89. The van der Waals surface area contributed by atoms with Crippen molar-refractivity contribution in [2.24, 2.45) is 5.92 Å². The molecule has 0 bridgehead atoms. The van der Waals surface area contributed by atoms with Crippen molar-refractivity contribution in [3.05, 3.63) is 65.5 Å². The molecule has 1 aliphatic heterocycles. The monoisotopic (exact) mass is 354 g/mol. The number of hydrogen-bond acceptors (Lipinski definition) is 2. The van der Waals surface area contributed by atoms with Crippen LogP contribution in [0.4, 0.5) is 10.1 Å². The quantitative estimate of drug-likeness (QED) is 0.892. The van der Waals surface area contributed by atoms with E-state index in [1.54, 1.807) is 17.0 Å². The molecule has 0 aromatic heterocycles. The molecule has 2 aromatic rings. The standard InChI is InChI=1S/C21H23FN2O2/c1-14(2)18-5-3-4-6-19(18)24-13-16(11-20(24)25)21(26)23-12-15-7-9-17(22)10-8-15/h3-10,14,16H,11-13H2,1-2H3,(H,23,26). The second kappa shape index (κ2) is 7.68. The number of rotatable bonds is 5. The first-order chi connectivity index (χ1) is 12.5. The van der Waals surface area contributed by atoms with Crippen LogP contribution >= 0.6 is 0 Å². The van der Waals surface area contributed by atoms with Crippen LogP contribution in [-0.2, 0) is 16.1 Å². The van der Waals surface area contributed by atoms with Crippen molar-refractivity contribution in [2.45, 2.75) is 32.7 Å². The van der Waals surface area contributed by atoms with Crippen molar-refractivity contribution in [3.8, 4) is 0 Å². The number of benzene rings is 2. The first kappa shape index (κ1) is 18.1. The normalized spacial score (nSPS) is 17.0. The lowest BCUT2D eigenvalue weighted by Crippen LogP contribution is -2.32. The predicted octanol–water partition coefficient (Wildman–Crippen LogP) is 3.62. The van der Waals surface area contributed by atoms with E-state index in [1.165, 1.54) is 12.1 Å². The molecule has 0 radical (unpaired) electrons. The highest BCUT2D eigenvalue weighted by Gasteiger charge is 2.35. The third-order valence-electron chi connectivity index (χ3n) is 4.73. The van der Waals surface area contributed by atoms with Crippen LogP contribution in [0, 0.1) is 11.7 Å². The molecule has 0 spiro atoms. The Morgan fingerprint density at radius 2 is 1.88 bits per heavy atom. The molecular weight excluding hydrogens is 331 g/mol. The van der Waals surface area contributed by atoms with Crippen molar-refractivity contribution >= 4 is 17.5 Å². The molecule has 1 aliphatic rings. The Labute approximate surface area is 153 Å². The molecule has 1 heterocycles. The van der Waals surface area contributed by atoms with Gasteiger partial charge in [-0.15, -0.1) is 0 Å². The molecule has 136 valence electrons. The number of nitrogens with one attached hydrogen (secondary N) is 1. The van der Waals surface area contributed by atoms with E-state index in [0.29, 0.717) is 19.0 Å². The first-order valence-corrected chi connectivity index (χ1v) is 8.87. The van der Waals surface area contributed by atoms with E-state index >= 15 is 0 Å². The Morgan fingerprint density at radius 3 is 2.58 bits per heavy atom. The second-order valence-corrected chi connectivity index (χ2v) is 6.96. The number of carbonyl (C=O) groups excluding carboxylic acids is 2. The van der Waals surface area contributed by atoms with E-state index in [2.05, 4.69) is 19.2 Å². The van der Waals surface area contributed by atoms with Crippen molar-refractivity contribution in [3.63, 3.8) is 0 Å². The van der Waals surface area contributed by atoms with Gasteiger partial charge in [0.05, 0.1) is 5.92 Å². The van der Waals surface area contributed by atoms with E-state index in [0.717, 1.165) is 16.8 Å². The summed E-state index contributed by atoms with van der Waals surface area (Å²) in [6, 6.07) is 13.8. The number of carbonyl (C=O) groups is 2. The number of hydrogen-bond donors (Lipinski definition) is 1. The minimum absolute atomic E-state index is 0.0277. The average Bonchev–Trinajstić information content (AvgIpc) is 3.02. The summed E-state index contributed by atoms with van der Waals surface area (Å²) in [5.41, 5.74) is 2.82. The number of halogens is 1. The molecule has 1 saturated heterocycles. The summed E-state index contributed by atoms with van der Waals surface area (Å²) in [5, 5.41) is 2.85. The molecule has 1 atom stereocenters. The maximum atomic E-state index is 12.9. The summed E-state index contributed by atoms with van der Waals surface area (Å²) in [7, 11) is 0. The molecular formula is C21H23FN2O2. The van der Waals surface area contributed by atoms with E-state index in [-0.39, 0.29) is 30.0 Å². The van der Waals surface area contributed by atoms with Gasteiger partial charge in [-0.25, -0.2) is 4.39 Å². The summed E-state index contributed by atoms with van der Waals surface area (Å²) in [4.78, 5) is 26.7. The van der Waals surface area contributed by atoms with Gasteiger partial charge in [-0.2, -0.15) is 0 Å². The Hall–Kier alpha value is -2.69. The summed E-state index contributed by atoms with van der Waals surface area (Å²) >= 11 is 0. The van der Waals surface area contributed by atoms with Crippen molar-refractivity contribution in [2.75, 3.05) is 11.4 Å². The SMILES string of the molecule is CC(C)c1ccccc1N1CC(C(=O)NCc2ccc(F)cc2)CC1=O. The van der Waals surface area contributed by atoms with Gasteiger partial charge < -0.3 is 10.2 Å². The molecule has 1 N–H and O–H groups in total. The van der Waals surface area contributed by atoms with E-state index in [9.17, 15) is 14.0 Å². The highest BCUT2D eigenvalue weighted by molar-refractivity contribution is 6.00. The van der Waals surface area contributed by atoms with Gasteiger partial charge in [0, 0.05) is 25.2 Å². The number of para-hydroxylation sites is 1. The van der Waals surface area contributed by atoms with Gasteiger partial charge >= 0.3 is 0 Å². The van der Waals surface area contributed by atoms with Crippen LogP contribution in [0.2, 0.25) is 0 Å². The zero-order chi connectivity index (χ0) is 18.7. The molecule has 2 aromatic carbocycles. The number of nitrogens with zero attached hydrogens (tertiary/aromatic N) is 1. The van der Waals surface area contributed by atoms with Gasteiger partial charge in [0.1, 0.15) is 5.82 Å². The van der Waals surface area contributed by atoms with Crippen LogP contribution < -0.4 is 10.2 Å². The minimum atomic E-state index is -0.372. The largest absolute Gasteiger partial charge is 0.352 e. The number of anilines is 1. The molecule has 5 heteroatoms. The molecule has 3 rings (SSSR count). The third-order valence-corrected chi connectivity index (χ3v) is 4.73. The van der Waals surface area contributed by atoms with Crippen LogP contribution in [0.3, 0.4) is 0 Å². The average molecular weight is 354 g/mol. The third kappa shape index (κ3) is 3.93. The molecule has 4 nitrogen and oxygen atoms in total. The lowest BCUT2D eigenvalue weighted by atomic mass is 10.0. The highest BCUT2D eigenvalue weighted by Crippen LogP contribution is 2.32. The summed E-state index contributed by atoms with van der Waals surface area (Å²) in [6.07, 6.45) is 0.210. The van der Waals surface area contributed by atoms with Crippen LogP contribution in [0.15, 0.2) is 48.5 Å². The van der Waals surface area contributed by atoms with Gasteiger partial charge in [-0.1, -0.05) is 44.2 Å². The fourth-order valence-electron chi connectivity index (χ4n) is 3.27. The van der Waals surface area contributed by atoms with Crippen LogP contribution in [0.5, 0.6) is 0 Å². The predicted molar refractivity (Wildman–Crippen MR) is 99.2 cm³/mol. The Kier molecular flexibility index (Phi) is 5.35. The zero-order valence-corrected chi connectivity index (χ0v) is 15.0. The molecule has 0 saturated carbocycles. The summed E-state index contributed by atoms with van der Waals surface area (Å²) < 4.78 is 12.9. The Morgan fingerprint density at radius 1 is 1.19 bits per heavy atom. The van der Waals surface area contributed by atoms with E-state index < -0.39 is 0 Å². The highest BCUT2D eigenvalue weighted by atomic mass is 19.1. The smallest absolute Gasteiger partial charge is 0.227 e. The van der Waals surface area contributed by atoms with Gasteiger partial charge in [0.25, 0.3) is 0 Å². The fourth-order valence-corrected chi connectivity index (χ4v) is 3.27. The minimum Gasteiger partial charge on any atom is -0.352 e. The summed E-state index contributed by atoms with van der Waals surface area (Å²) in [5.74, 6) is -0.554. The van der Waals surface area contributed by atoms with Crippen molar-refractivity contribution in [1.82, 2.24) is 5.32 Å². The molecule has 26 heavy (non-hydrogen) atoms. The van der Waals surface area contributed by atoms with Crippen LogP contribution in [0.1, 0.15) is 37.3 Å². The van der Waals surface area contributed by atoms with Gasteiger partial charge in [0.15, 0.2) is 0 Å². The van der Waals surface area contributed by atoms with Gasteiger partial charge in [-0.3, -0.25) is 9.59 Å². The second-order valence-electron chi connectivity index (χ2n) is 6.96. The van der Waals surface area contributed by atoms with E-state index in [1.807, 2.05) is 24.3 Å². The molecule has 0 aliphatic carbocycles. The molecule has 1 unspecified atom stereocenters. The molecule has 2 amide bonds. The Bertz CT molecular complexity index is 802. The van der Waals surface area contributed by atoms with Crippen molar-refractivity contribution < 1.29 is 14.0 Å². The Balaban J connectivity index is 1.66. The van der Waals surface area contributed by atoms with Crippen molar-refractivity contribution in [1.29, 1.82) is 0 Å². The van der Waals surface area contributed by atoms with Gasteiger partial charge in [0.2, 0.25) is 11.8 Å². The topological polar surface area (TPSA) is 49.4 Å². The maximum Gasteiger partial charge on any atom is 0.227 e. The molecule has 1 fully saturated rings. The van der Waals surface area contributed by atoms with Crippen LogP contribution in [-0.4, -0.2) is 18.4 Å². The zero-order valence-electron chi connectivity index (χ0n) is 15.0. The maximum absolute atomic E-state index is 12.9.